The molecule has 0 aliphatic carbocycles. The maximum absolute atomic E-state index is 5.98. The molecule has 0 aliphatic rings. The summed E-state index contributed by atoms with van der Waals surface area (Å²) in [4.78, 5) is 12.9. The van der Waals surface area contributed by atoms with Crippen molar-refractivity contribution >= 4 is 29.5 Å². The molecular weight excluding hydrogens is 494 g/mol. The van der Waals surface area contributed by atoms with Crippen LogP contribution < -0.4 is 14.2 Å². The SMILES string of the molecule is COc1ncnc(OC)c1-n1c(NSC(C)C(OC)c2ccc(Cl)cn2)nnc1-c1ccn(C)n1. The summed E-state index contributed by atoms with van der Waals surface area (Å²) < 4.78 is 23.4. The summed E-state index contributed by atoms with van der Waals surface area (Å²) in [5, 5.41) is 13.7. The third-order valence-electron chi connectivity index (χ3n) is 5.03. The normalized spacial score (nSPS) is 12.9. The van der Waals surface area contributed by atoms with Gasteiger partial charge in [0.25, 0.3) is 0 Å². The minimum Gasteiger partial charge on any atom is -0.479 e. The van der Waals surface area contributed by atoms with Crippen LogP contribution in [0.1, 0.15) is 18.7 Å². The summed E-state index contributed by atoms with van der Waals surface area (Å²) in [7, 11) is 6.49. The van der Waals surface area contributed by atoms with Crippen molar-refractivity contribution in [3.63, 3.8) is 0 Å². The number of aryl methyl sites for hydroxylation is 1. The van der Waals surface area contributed by atoms with Gasteiger partial charge in [-0.05, 0) is 37.1 Å². The Morgan fingerprint density at radius 2 is 1.77 bits per heavy atom. The van der Waals surface area contributed by atoms with Gasteiger partial charge in [-0.25, -0.2) is 4.57 Å². The van der Waals surface area contributed by atoms with Crippen molar-refractivity contribution in [3.8, 4) is 29.0 Å². The zero-order valence-electron chi connectivity index (χ0n) is 19.7. The van der Waals surface area contributed by atoms with Crippen LogP contribution >= 0.6 is 23.5 Å². The number of pyridine rings is 1. The van der Waals surface area contributed by atoms with Crippen molar-refractivity contribution < 1.29 is 14.2 Å². The first-order valence-corrected chi connectivity index (χ1v) is 11.7. The molecule has 0 aliphatic heterocycles. The van der Waals surface area contributed by atoms with E-state index in [0.29, 0.717) is 28.2 Å². The van der Waals surface area contributed by atoms with Gasteiger partial charge in [-0.1, -0.05) is 11.6 Å². The number of halogens is 1. The molecule has 0 saturated heterocycles. The summed E-state index contributed by atoms with van der Waals surface area (Å²) in [5.74, 6) is 1.42. The second-order valence-corrected chi connectivity index (χ2v) is 8.90. The predicted octanol–water partition coefficient (Wildman–Crippen LogP) is 3.36. The fourth-order valence-electron chi connectivity index (χ4n) is 3.42. The van der Waals surface area contributed by atoms with Crippen molar-refractivity contribution in [2.24, 2.45) is 7.05 Å². The smallest absolute Gasteiger partial charge is 0.245 e. The van der Waals surface area contributed by atoms with E-state index < -0.39 is 0 Å². The molecule has 4 aromatic heterocycles. The molecule has 184 valence electrons. The number of ether oxygens (including phenoxy) is 3. The molecule has 0 fully saturated rings. The van der Waals surface area contributed by atoms with Crippen LogP contribution in [0.4, 0.5) is 5.95 Å². The van der Waals surface area contributed by atoms with Crippen LogP contribution in [0, 0.1) is 0 Å². The van der Waals surface area contributed by atoms with E-state index in [1.54, 1.807) is 28.6 Å². The van der Waals surface area contributed by atoms with Crippen molar-refractivity contribution in [1.29, 1.82) is 0 Å². The van der Waals surface area contributed by atoms with Crippen LogP contribution in [0.5, 0.6) is 11.8 Å². The van der Waals surface area contributed by atoms with Gasteiger partial charge >= 0.3 is 0 Å². The topological polar surface area (TPSA) is 127 Å². The summed E-state index contributed by atoms with van der Waals surface area (Å²) in [6, 6.07) is 5.45. The molecule has 0 aromatic carbocycles. The molecule has 0 amide bonds. The Kier molecular flexibility index (Phi) is 7.68. The van der Waals surface area contributed by atoms with Crippen LogP contribution in [-0.2, 0) is 11.8 Å². The van der Waals surface area contributed by atoms with E-state index in [1.165, 1.54) is 32.5 Å². The molecule has 2 unspecified atom stereocenters. The first-order valence-electron chi connectivity index (χ1n) is 10.4. The van der Waals surface area contributed by atoms with Gasteiger partial charge in [-0.15, -0.1) is 10.2 Å². The highest BCUT2D eigenvalue weighted by Crippen LogP contribution is 2.36. The van der Waals surface area contributed by atoms with E-state index in [2.05, 4.69) is 35.0 Å². The molecule has 4 aromatic rings. The fourth-order valence-corrected chi connectivity index (χ4v) is 4.33. The Hall–Kier alpha value is -3.42. The van der Waals surface area contributed by atoms with Crippen molar-refractivity contribution in [2.75, 3.05) is 26.1 Å². The fraction of sp³-hybridized carbons (Fsp3) is 0.333. The summed E-state index contributed by atoms with van der Waals surface area (Å²) in [6.45, 7) is 2.01. The average molecular weight is 518 g/mol. The molecule has 0 spiro atoms. The third-order valence-corrected chi connectivity index (χ3v) is 6.17. The number of hydrogen-bond acceptors (Lipinski definition) is 11. The third kappa shape index (κ3) is 5.16. The average Bonchev–Trinajstić information content (AvgIpc) is 3.49. The van der Waals surface area contributed by atoms with Crippen LogP contribution in [0.2, 0.25) is 5.02 Å². The molecule has 4 rings (SSSR count). The molecule has 14 heteroatoms. The van der Waals surface area contributed by atoms with E-state index in [9.17, 15) is 0 Å². The molecule has 2 atom stereocenters. The van der Waals surface area contributed by atoms with Crippen LogP contribution in [-0.4, -0.2) is 66.1 Å². The highest BCUT2D eigenvalue weighted by atomic mass is 35.5. The summed E-state index contributed by atoms with van der Waals surface area (Å²) in [6.07, 6.45) is 4.46. The van der Waals surface area contributed by atoms with Gasteiger partial charge < -0.3 is 14.2 Å². The zero-order valence-corrected chi connectivity index (χ0v) is 21.3. The van der Waals surface area contributed by atoms with Gasteiger partial charge in [0.05, 0.1) is 30.2 Å². The lowest BCUT2D eigenvalue weighted by Gasteiger charge is -2.22. The van der Waals surface area contributed by atoms with E-state index in [4.69, 9.17) is 25.8 Å². The highest BCUT2D eigenvalue weighted by Gasteiger charge is 2.27. The highest BCUT2D eigenvalue weighted by molar-refractivity contribution is 8.01. The number of methoxy groups -OCH3 is 3. The maximum atomic E-state index is 5.98. The van der Waals surface area contributed by atoms with E-state index >= 15 is 0 Å². The largest absolute Gasteiger partial charge is 0.479 e. The molecule has 0 radical (unpaired) electrons. The Bertz CT molecular complexity index is 1260. The Morgan fingerprint density at radius 3 is 2.34 bits per heavy atom. The van der Waals surface area contributed by atoms with Gasteiger partial charge in [0.2, 0.25) is 17.7 Å². The number of aromatic nitrogens is 8. The number of anilines is 1. The first-order chi connectivity index (χ1) is 17.0. The number of hydrogen-bond donors (Lipinski definition) is 1. The second-order valence-electron chi connectivity index (χ2n) is 7.28. The zero-order chi connectivity index (χ0) is 24.9. The number of nitrogens with one attached hydrogen (secondary N) is 1. The molecule has 12 nitrogen and oxygen atoms in total. The van der Waals surface area contributed by atoms with Crippen LogP contribution in [0.15, 0.2) is 36.9 Å². The van der Waals surface area contributed by atoms with Gasteiger partial charge in [-0.3, -0.25) is 14.4 Å². The minimum atomic E-state index is -0.305. The van der Waals surface area contributed by atoms with Crippen LogP contribution in [0.3, 0.4) is 0 Å². The molecule has 35 heavy (non-hydrogen) atoms. The Labute approximate surface area is 211 Å². The summed E-state index contributed by atoms with van der Waals surface area (Å²) >= 11 is 7.37. The molecule has 0 saturated carbocycles. The molecule has 0 bridgehead atoms. The van der Waals surface area contributed by atoms with E-state index in [-0.39, 0.29) is 23.1 Å². The molecule has 1 N–H and O–H groups in total. The lowest BCUT2D eigenvalue weighted by atomic mass is 10.2. The lowest BCUT2D eigenvalue weighted by Crippen LogP contribution is -2.18. The van der Waals surface area contributed by atoms with E-state index in [0.717, 1.165) is 5.69 Å². The lowest BCUT2D eigenvalue weighted by molar-refractivity contribution is 0.101. The quantitative estimate of drug-likeness (QED) is 0.311. The monoisotopic (exact) mass is 517 g/mol. The van der Waals surface area contributed by atoms with Crippen LogP contribution in [0.25, 0.3) is 17.2 Å². The number of rotatable bonds is 10. The standard InChI is InChI=1S/C21H24ClN9O3S/c1-12(17(32-3)14-7-6-13(22)10-23-14)35-29-21-27-26-18(15-8-9-30(2)28-15)31(21)16-19(33-4)24-11-25-20(16)34-5/h6-12,17H,1-5H3,(H,27,29). The van der Waals surface area contributed by atoms with Crippen molar-refractivity contribution in [2.45, 2.75) is 18.3 Å². The van der Waals surface area contributed by atoms with Crippen molar-refractivity contribution in [1.82, 2.24) is 39.5 Å². The van der Waals surface area contributed by atoms with Gasteiger partial charge in [-0.2, -0.15) is 15.1 Å². The molecule has 4 heterocycles. The Morgan fingerprint density at radius 1 is 1.03 bits per heavy atom. The molecular formula is C21H24ClN9O3S. The van der Waals surface area contributed by atoms with Crippen molar-refractivity contribution in [3.05, 3.63) is 47.6 Å². The Balaban J connectivity index is 1.71. The first kappa shape index (κ1) is 24.7. The number of nitrogens with zero attached hydrogens (tertiary/aromatic N) is 8. The maximum Gasteiger partial charge on any atom is 0.245 e. The van der Waals surface area contributed by atoms with Gasteiger partial charge in [0.1, 0.15) is 18.1 Å². The second kappa shape index (κ2) is 10.9. The van der Waals surface area contributed by atoms with E-state index in [1.807, 2.05) is 32.3 Å². The van der Waals surface area contributed by atoms with Gasteiger partial charge in [0.15, 0.2) is 11.5 Å². The minimum absolute atomic E-state index is 0.0760. The summed E-state index contributed by atoms with van der Waals surface area (Å²) in [5.41, 5.74) is 1.79. The van der Waals surface area contributed by atoms with Gasteiger partial charge in [0, 0.05) is 26.6 Å². The predicted molar refractivity (Wildman–Crippen MR) is 132 cm³/mol.